The quantitative estimate of drug-likeness (QED) is 0.625. The molecule has 1 fully saturated rings. The Kier molecular flexibility index (Phi) is 5.81. The van der Waals surface area contributed by atoms with Gasteiger partial charge in [0, 0.05) is 31.0 Å². The second-order valence-electron chi connectivity index (χ2n) is 7.38. The monoisotopic (exact) mass is 409 g/mol. The molecule has 3 aromatic rings. The normalized spacial score (nSPS) is 18.3. The molecule has 1 aliphatic heterocycles. The van der Waals surface area contributed by atoms with E-state index in [0.717, 1.165) is 17.5 Å². The molecule has 6 nitrogen and oxygen atoms in total. The number of aromatic nitrogens is 2. The summed E-state index contributed by atoms with van der Waals surface area (Å²) in [6, 6.07) is 12.2. The molecule has 30 heavy (non-hydrogen) atoms. The average Bonchev–Trinajstić information content (AvgIpc) is 3.45. The van der Waals surface area contributed by atoms with Crippen LogP contribution in [0.1, 0.15) is 24.2 Å². The highest BCUT2D eigenvalue weighted by atomic mass is 19.1. The minimum atomic E-state index is -0.884. The molecule has 0 bridgehead atoms. The number of imidazole rings is 1. The van der Waals surface area contributed by atoms with Crippen molar-refractivity contribution in [3.8, 4) is 16.9 Å². The second kappa shape index (κ2) is 8.67. The Morgan fingerprint density at radius 2 is 2.13 bits per heavy atom. The molecular weight excluding hydrogens is 385 g/mol. The summed E-state index contributed by atoms with van der Waals surface area (Å²) in [6.07, 6.45) is 5.34. The lowest BCUT2D eigenvalue weighted by Crippen LogP contribution is -2.47. The fourth-order valence-corrected chi connectivity index (χ4v) is 3.85. The minimum Gasteiger partial charge on any atom is -0.496 e. The second-order valence-corrected chi connectivity index (χ2v) is 7.38. The zero-order valence-electron chi connectivity index (χ0n) is 16.8. The van der Waals surface area contributed by atoms with Crippen LogP contribution in [0.2, 0.25) is 0 Å². The van der Waals surface area contributed by atoms with Crippen molar-refractivity contribution in [3.63, 3.8) is 0 Å². The van der Waals surface area contributed by atoms with Crippen molar-refractivity contribution in [2.24, 2.45) is 0 Å². The van der Waals surface area contributed by atoms with Gasteiger partial charge in [-0.15, -0.1) is 0 Å². The first-order valence-corrected chi connectivity index (χ1v) is 9.93. The highest BCUT2D eigenvalue weighted by Gasteiger charge is 2.42. The number of carbonyl (C=O) groups is 1. The van der Waals surface area contributed by atoms with Gasteiger partial charge in [-0.2, -0.15) is 0 Å². The van der Waals surface area contributed by atoms with Gasteiger partial charge in [-0.25, -0.2) is 9.37 Å². The molecule has 2 aromatic carbocycles. The maximum atomic E-state index is 13.7. The molecule has 1 aromatic heterocycles. The van der Waals surface area contributed by atoms with Crippen molar-refractivity contribution in [2.45, 2.75) is 31.4 Å². The third kappa shape index (κ3) is 4.21. The number of amides is 1. The number of rotatable bonds is 7. The molecule has 0 saturated carbocycles. The molecule has 1 saturated heterocycles. The number of benzene rings is 2. The van der Waals surface area contributed by atoms with E-state index in [-0.39, 0.29) is 11.7 Å². The smallest absolute Gasteiger partial charge is 0.252 e. The number of nitrogens with one attached hydrogen (secondary N) is 2. The summed E-state index contributed by atoms with van der Waals surface area (Å²) >= 11 is 0. The van der Waals surface area contributed by atoms with Crippen LogP contribution in [0, 0.1) is 5.82 Å². The molecule has 7 heteroatoms. The lowest BCUT2D eigenvalue weighted by Gasteiger charge is -2.27. The third-order valence-electron chi connectivity index (χ3n) is 5.40. The van der Waals surface area contributed by atoms with E-state index in [9.17, 15) is 9.18 Å². The van der Waals surface area contributed by atoms with Crippen molar-refractivity contribution < 1.29 is 18.7 Å². The van der Waals surface area contributed by atoms with Gasteiger partial charge in [0.15, 0.2) is 5.60 Å². The summed E-state index contributed by atoms with van der Waals surface area (Å²) in [4.78, 5) is 20.0. The number of H-pyrrole nitrogens is 1. The lowest BCUT2D eigenvalue weighted by molar-refractivity contribution is -0.141. The number of methoxy groups -OCH3 is 1. The largest absolute Gasteiger partial charge is 0.496 e. The van der Waals surface area contributed by atoms with Gasteiger partial charge < -0.3 is 19.8 Å². The van der Waals surface area contributed by atoms with Crippen LogP contribution in [0.25, 0.3) is 11.1 Å². The predicted octanol–water partition coefficient (Wildman–Crippen LogP) is 3.63. The van der Waals surface area contributed by atoms with Crippen molar-refractivity contribution in [3.05, 3.63) is 72.1 Å². The van der Waals surface area contributed by atoms with E-state index in [0.29, 0.717) is 43.1 Å². The van der Waals surface area contributed by atoms with Crippen LogP contribution in [0.3, 0.4) is 0 Å². The lowest BCUT2D eigenvalue weighted by atomic mass is 9.89. The van der Waals surface area contributed by atoms with Crippen molar-refractivity contribution >= 4 is 5.91 Å². The molecule has 1 aliphatic rings. The van der Waals surface area contributed by atoms with Crippen LogP contribution in [-0.4, -0.2) is 35.2 Å². The summed E-state index contributed by atoms with van der Waals surface area (Å²) in [5, 5.41) is 2.93. The number of carbonyl (C=O) groups excluding carboxylic acids is 1. The molecule has 0 radical (unpaired) electrons. The Morgan fingerprint density at radius 1 is 1.30 bits per heavy atom. The molecule has 156 valence electrons. The van der Waals surface area contributed by atoms with E-state index >= 15 is 0 Å². The Labute approximate surface area is 174 Å². The number of hydrogen-bond donors (Lipinski definition) is 2. The standard InChI is InChI=1S/C23H24FN3O3/c1-29-20-8-7-18(24)13-19(20)17-5-3-16(4-6-17)14-23(9-2-12-30-23)22(28)27-15-21-25-10-11-26-21/h3-8,10-11,13H,2,9,12,14-15H2,1H3,(H,25,26)(H,27,28)/t23-/m0/s1. The van der Waals surface area contributed by atoms with Crippen LogP contribution >= 0.6 is 0 Å². The van der Waals surface area contributed by atoms with E-state index in [4.69, 9.17) is 9.47 Å². The number of halogens is 1. The zero-order valence-corrected chi connectivity index (χ0v) is 16.8. The number of nitrogens with zero attached hydrogens (tertiary/aromatic N) is 1. The van der Waals surface area contributed by atoms with E-state index in [1.807, 2.05) is 24.3 Å². The van der Waals surface area contributed by atoms with E-state index in [2.05, 4.69) is 15.3 Å². The Morgan fingerprint density at radius 3 is 2.80 bits per heavy atom. The fourth-order valence-electron chi connectivity index (χ4n) is 3.85. The van der Waals surface area contributed by atoms with E-state index < -0.39 is 5.60 Å². The van der Waals surface area contributed by atoms with Gasteiger partial charge >= 0.3 is 0 Å². The summed E-state index contributed by atoms with van der Waals surface area (Å²) in [5.74, 6) is 0.857. The zero-order chi connectivity index (χ0) is 21.0. The highest BCUT2D eigenvalue weighted by Crippen LogP contribution is 2.33. The van der Waals surface area contributed by atoms with E-state index in [1.54, 1.807) is 25.6 Å². The Hall–Kier alpha value is -3.19. The minimum absolute atomic E-state index is 0.132. The molecule has 1 amide bonds. The van der Waals surface area contributed by atoms with Crippen LogP contribution in [0.15, 0.2) is 54.9 Å². The molecule has 2 heterocycles. The SMILES string of the molecule is COc1ccc(F)cc1-c1ccc(C[C@]2(C(=O)NCc3ncc[nH]3)CCCO2)cc1. The maximum Gasteiger partial charge on any atom is 0.252 e. The van der Waals surface area contributed by atoms with Crippen LogP contribution in [-0.2, 0) is 22.5 Å². The average molecular weight is 409 g/mol. The van der Waals surface area contributed by atoms with Crippen molar-refractivity contribution in [2.75, 3.05) is 13.7 Å². The van der Waals surface area contributed by atoms with Gasteiger partial charge in [0.1, 0.15) is 17.4 Å². The maximum absolute atomic E-state index is 13.7. The van der Waals surface area contributed by atoms with Gasteiger partial charge in [0.2, 0.25) is 0 Å². The topological polar surface area (TPSA) is 76.2 Å². The van der Waals surface area contributed by atoms with Gasteiger partial charge in [-0.05, 0) is 42.2 Å². The number of ether oxygens (including phenoxy) is 2. The van der Waals surface area contributed by atoms with Gasteiger partial charge in [-0.3, -0.25) is 4.79 Å². The summed E-state index contributed by atoms with van der Waals surface area (Å²) in [5.41, 5.74) is 1.62. The number of hydrogen-bond acceptors (Lipinski definition) is 4. The summed E-state index contributed by atoms with van der Waals surface area (Å²) < 4.78 is 25.0. The molecular formula is C23H24FN3O3. The van der Waals surface area contributed by atoms with Crippen LogP contribution < -0.4 is 10.1 Å². The summed E-state index contributed by atoms with van der Waals surface area (Å²) in [7, 11) is 1.56. The molecule has 2 N–H and O–H groups in total. The molecule has 0 spiro atoms. The van der Waals surface area contributed by atoms with Gasteiger partial charge in [-0.1, -0.05) is 24.3 Å². The van der Waals surface area contributed by atoms with Gasteiger partial charge in [0.05, 0.1) is 13.7 Å². The van der Waals surface area contributed by atoms with Crippen molar-refractivity contribution in [1.82, 2.24) is 15.3 Å². The first-order chi connectivity index (χ1) is 14.6. The molecule has 4 rings (SSSR count). The summed E-state index contributed by atoms with van der Waals surface area (Å²) in [6.45, 7) is 0.891. The number of aromatic amines is 1. The highest BCUT2D eigenvalue weighted by molar-refractivity contribution is 5.86. The van der Waals surface area contributed by atoms with Gasteiger partial charge in [0.25, 0.3) is 5.91 Å². The first-order valence-electron chi connectivity index (χ1n) is 9.93. The third-order valence-corrected chi connectivity index (χ3v) is 5.40. The molecule has 0 aliphatic carbocycles. The van der Waals surface area contributed by atoms with Crippen LogP contribution in [0.4, 0.5) is 4.39 Å². The molecule has 0 unspecified atom stereocenters. The Bertz CT molecular complexity index is 997. The first kappa shape index (κ1) is 20.1. The molecule has 1 atom stereocenters. The van der Waals surface area contributed by atoms with Crippen LogP contribution in [0.5, 0.6) is 5.75 Å². The van der Waals surface area contributed by atoms with Crippen molar-refractivity contribution in [1.29, 1.82) is 0 Å². The van der Waals surface area contributed by atoms with E-state index in [1.165, 1.54) is 12.1 Å². The fraction of sp³-hybridized carbons (Fsp3) is 0.304. The predicted molar refractivity (Wildman–Crippen MR) is 110 cm³/mol. The Balaban J connectivity index is 1.50.